The van der Waals surface area contributed by atoms with Gasteiger partial charge in [0.05, 0.1) is 5.69 Å². The second kappa shape index (κ2) is 6.57. The minimum atomic E-state index is -1.01. The lowest BCUT2D eigenvalue weighted by Gasteiger charge is -2.03. The molecule has 0 saturated heterocycles. The predicted molar refractivity (Wildman–Crippen MR) is 78.3 cm³/mol. The number of halogens is 1. The molecule has 1 N–H and O–H groups in total. The highest BCUT2D eigenvalue weighted by Gasteiger charge is 2.20. The lowest BCUT2D eigenvalue weighted by molar-refractivity contribution is 0.0696. The van der Waals surface area contributed by atoms with E-state index in [9.17, 15) is 4.79 Å². The number of carboxylic acids is 1. The van der Waals surface area contributed by atoms with Gasteiger partial charge in [-0.2, -0.15) is 5.10 Å². The van der Waals surface area contributed by atoms with Gasteiger partial charge in [0.2, 0.25) is 0 Å². The number of hydrogen-bond donors (Lipinski definition) is 1. The first-order valence-electron chi connectivity index (χ1n) is 6.66. The molecule has 0 fully saturated rings. The number of hydrogen-bond acceptors (Lipinski definition) is 2. The lowest BCUT2D eigenvalue weighted by Crippen LogP contribution is -2.03. The summed E-state index contributed by atoms with van der Waals surface area (Å²) in [6.45, 7) is 2.49. The minimum absolute atomic E-state index is 0.133. The van der Waals surface area contributed by atoms with E-state index in [1.807, 2.05) is 25.1 Å². The molecular weight excluding hydrogens is 276 g/mol. The zero-order valence-corrected chi connectivity index (χ0v) is 12.1. The van der Waals surface area contributed by atoms with Crippen LogP contribution in [0, 0.1) is 0 Å². The first-order valence-corrected chi connectivity index (χ1v) is 7.03. The standard InChI is InChI=1S/C15H17ClN2O2/c1-2-12-13(15(19)20)14(16)18(17-12)10-6-9-11-7-4-3-5-8-11/h3-5,7-8H,2,6,9-10H2,1H3,(H,19,20). The fourth-order valence-corrected chi connectivity index (χ4v) is 2.48. The van der Waals surface area contributed by atoms with Crippen LogP contribution >= 0.6 is 11.6 Å². The van der Waals surface area contributed by atoms with Crippen molar-refractivity contribution in [3.8, 4) is 0 Å². The van der Waals surface area contributed by atoms with E-state index in [-0.39, 0.29) is 10.7 Å². The summed E-state index contributed by atoms with van der Waals surface area (Å²) in [7, 11) is 0. The van der Waals surface area contributed by atoms with Gasteiger partial charge >= 0.3 is 5.97 Å². The molecule has 0 radical (unpaired) electrons. The molecule has 20 heavy (non-hydrogen) atoms. The third-order valence-corrected chi connectivity index (χ3v) is 3.57. The third kappa shape index (κ3) is 3.20. The summed E-state index contributed by atoms with van der Waals surface area (Å²) in [6.07, 6.45) is 2.35. The fourth-order valence-electron chi connectivity index (χ4n) is 2.17. The van der Waals surface area contributed by atoms with Gasteiger partial charge in [-0.05, 0) is 24.8 Å². The quantitative estimate of drug-likeness (QED) is 0.887. The molecule has 1 heterocycles. The molecule has 0 spiro atoms. The van der Waals surface area contributed by atoms with Gasteiger partial charge in [0.25, 0.3) is 0 Å². The normalized spacial score (nSPS) is 10.7. The summed E-state index contributed by atoms with van der Waals surface area (Å²) in [4.78, 5) is 11.2. The summed E-state index contributed by atoms with van der Waals surface area (Å²) in [5.74, 6) is -1.01. The van der Waals surface area contributed by atoms with Crippen LogP contribution in [-0.4, -0.2) is 20.9 Å². The first-order chi connectivity index (χ1) is 9.63. The molecular formula is C15H17ClN2O2. The molecule has 4 nitrogen and oxygen atoms in total. The minimum Gasteiger partial charge on any atom is -0.478 e. The van der Waals surface area contributed by atoms with Crippen molar-refractivity contribution in [1.29, 1.82) is 0 Å². The molecule has 0 atom stereocenters. The van der Waals surface area contributed by atoms with Crippen molar-refractivity contribution in [3.63, 3.8) is 0 Å². The number of carbonyl (C=O) groups is 1. The van der Waals surface area contributed by atoms with E-state index >= 15 is 0 Å². The Kier molecular flexibility index (Phi) is 4.79. The Morgan fingerprint density at radius 2 is 2.05 bits per heavy atom. The van der Waals surface area contributed by atoms with E-state index in [2.05, 4.69) is 17.2 Å². The van der Waals surface area contributed by atoms with Crippen molar-refractivity contribution in [3.05, 3.63) is 52.3 Å². The maximum Gasteiger partial charge on any atom is 0.340 e. The van der Waals surface area contributed by atoms with E-state index in [1.165, 1.54) is 5.56 Å². The van der Waals surface area contributed by atoms with Crippen molar-refractivity contribution in [2.45, 2.75) is 32.7 Å². The van der Waals surface area contributed by atoms with Crippen LogP contribution in [0.15, 0.2) is 30.3 Å². The predicted octanol–water partition coefficient (Wildman–Crippen LogP) is 3.43. The molecule has 0 unspecified atom stereocenters. The molecule has 0 aliphatic rings. The summed E-state index contributed by atoms with van der Waals surface area (Å²) in [6, 6.07) is 10.2. The maximum atomic E-state index is 11.2. The van der Waals surface area contributed by atoms with Crippen molar-refractivity contribution in [2.24, 2.45) is 0 Å². The molecule has 0 saturated carbocycles. The third-order valence-electron chi connectivity index (χ3n) is 3.19. The van der Waals surface area contributed by atoms with Crippen molar-refractivity contribution < 1.29 is 9.90 Å². The molecule has 2 aromatic rings. The Balaban J connectivity index is 2.05. The summed E-state index contributed by atoms with van der Waals surface area (Å²) < 4.78 is 1.59. The van der Waals surface area contributed by atoms with E-state index in [1.54, 1.807) is 4.68 Å². The Bertz CT molecular complexity index is 593. The number of aromatic nitrogens is 2. The SMILES string of the molecule is CCc1nn(CCCc2ccccc2)c(Cl)c1C(=O)O. The van der Waals surface area contributed by atoms with Gasteiger partial charge in [-0.15, -0.1) is 0 Å². The first kappa shape index (κ1) is 14.6. The highest BCUT2D eigenvalue weighted by molar-refractivity contribution is 6.32. The molecule has 0 aliphatic carbocycles. The average molecular weight is 293 g/mol. The summed E-state index contributed by atoms with van der Waals surface area (Å²) >= 11 is 6.10. The van der Waals surface area contributed by atoms with Crippen LogP contribution in [0.1, 0.15) is 35.0 Å². The van der Waals surface area contributed by atoms with Crippen molar-refractivity contribution >= 4 is 17.6 Å². The Morgan fingerprint density at radius 1 is 1.35 bits per heavy atom. The van der Waals surface area contributed by atoms with E-state index in [0.29, 0.717) is 18.7 Å². The van der Waals surface area contributed by atoms with Gasteiger partial charge in [-0.1, -0.05) is 48.9 Å². The molecule has 106 valence electrons. The number of rotatable bonds is 6. The number of benzene rings is 1. The Labute approximate surface area is 123 Å². The van der Waals surface area contributed by atoms with Crippen LogP contribution in [-0.2, 0) is 19.4 Å². The van der Waals surface area contributed by atoms with Crippen molar-refractivity contribution in [2.75, 3.05) is 0 Å². The topological polar surface area (TPSA) is 55.1 Å². The average Bonchev–Trinajstić information content (AvgIpc) is 2.77. The zero-order chi connectivity index (χ0) is 14.5. The Morgan fingerprint density at radius 3 is 2.60 bits per heavy atom. The number of nitrogens with zero attached hydrogens (tertiary/aromatic N) is 2. The van der Waals surface area contributed by atoms with Crippen LogP contribution in [0.5, 0.6) is 0 Å². The molecule has 0 bridgehead atoms. The highest BCUT2D eigenvalue weighted by atomic mass is 35.5. The number of carboxylic acid groups (broad SMARTS) is 1. The number of aryl methyl sites for hydroxylation is 3. The van der Waals surface area contributed by atoms with Crippen molar-refractivity contribution in [1.82, 2.24) is 9.78 Å². The summed E-state index contributed by atoms with van der Waals surface area (Å²) in [5.41, 5.74) is 1.93. The van der Waals surface area contributed by atoms with Gasteiger partial charge in [-0.25, -0.2) is 4.79 Å². The van der Waals surface area contributed by atoms with Gasteiger partial charge in [-0.3, -0.25) is 4.68 Å². The highest BCUT2D eigenvalue weighted by Crippen LogP contribution is 2.21. The molecule has 2 rings (SSSR count). The monoisotopic (exact) mass is 292 g/mol. The second-order valence-electron chi connectivity index (χ2n) is 4.58. The van der Waals surface area contributed by atoms with Gasteiger partial charge in [0.15, 0.2) is 0 Å². The molecule has 1 aromatic carbocycles. The van der Waals surface area contributed by atoms with E-state index < -0.39 is 5.97 Å². The molecule has 0 amide bonds. The largest absolute Gasteiger partial charge is 0.478 e. The Hall–Kier alpha value is -1.81. The maximum absolute atomic E-state index is 11.2. The van der Waals surface area contributed by atoms with E-state index in [0.717, 1.165) is 12.8 Å². The molecule has 0 aliphatic heterocycles. The van der Waals surface area contributed by atoms with Gasteiger partial charge in [0, 0.05) is 6.54 Å². The zero-order valence-electron chi connectivity index (χ0n) is 11.3. The molecule has 5 heteroatoms. The second-order valence-corrected chi connectivity index (χ2v) is 4.94. The van der Waals surface area contributed by atoms with Crippen LogP contribution in [0.4, 0.5) is 0 Å². The van der Waals surface area contributed by atoms with Gasteiger partial charge in [0.1, 0.15) is 10.7 Å². The number of aromatic carboxylic acids is 1. The smallest absolute Gasteiger partial charge is 0.340 e. The van der Waals surface area contributed by atoms with Crippen LogP contribution in [0.3, 0.4) is 0 Å². The van der Waals surface area contributed by atoms with E-state index in [4.69, 9.17) is 16.7 Å². The lowest BCUT2D eigenvalue weighted by atomic mass is 10.1. The van der Waals surface area contributed by atoms with Crippen LogP contribution in [0.2, 0.25) is 5.15 Å². The van der Waals surface area contributed by atoms with Crippen LogP contribution < -0.4 is 0 Å². The molecule has 1 aromatic heterocycles. The fraction of sp³-hybridized carbons (Fsp3) is 0.333. The van der Waals surface area contributed by atoms with Crippen LogP contribution in [0.25, 0.3) is 0 Å². The summed E-state index contributed by atoms with van der Waals surface area (Å²) in [5, 5.41) is 13.7. The van der Waals surface area contributed by atoms with Gasteiger partial charge < -0.3 is 5.11 Å².